The Kier molecular flexibility index (Phi) is 7.39. The molecule has 0 unspecified atom stereocenters. The van der Waals surface area contributed by atoms with Crippen molar-refractivity contribution in [3.63, 3.8) is 0 Å². The van der Waals surface area contributed by atoms with Crippen LogP contribution in [0.3, 0.4) is 0 Å². The molecule has 0 radical (unpaired) electrons. The van der Waals surface area contributed by atoms with Crippen LogP contribution < -0.4 is 19.5 Å². The van der Waals surface area contributed by atoms with Crippen LogP contribution in [-0.4, -0.2) is 28.0 Å². The molecule has 11 heteroatoms. The Morgan fingerprint density at radius 1 is 1.00 bits per heavy atom. The monoisotopic (exact) mass is 496 g/mol. The minimum absolute atomic E-state index is 0.000397. The third-order valence-corrected chi connectivity index (χ3v) is 6.11. The van der Waals surface area contributed by atoms with Gasteiger partial charge in [0.05, 0.1) is 22.6 Å². The molecule has 0 saturated carbocycles. The van der Waals surface area contributed by atoms with Gasteiger partial charge in [-0.25, -0.2) is 8.42 Å². The standard InChI is InChI=1S/C22H19ClF2N2O5S/c1-13-4-3-5-15(10-13)27-33(29,30)16-7-8-18(23)17(12-16)21(28)26-14-6-9-19(31-2)20(11-14)32-22(24)25/h3-12,22,27H,1-2H3,(H,26,28). The molecule has 0 fully saturated rings. The average Bonchev–Trinajstić information content (AvgIpc) is 2.73. The molecule has 0 aliphatic rings. The second kappa shape index (κ2) is 10.1. The summed E-state index contributed by atoms with van der Waals surface area (Å²) in [5, 5.41) is 2.48. The number of rotatable bonds is 8. The van der Waals surface area contributed by atoms with Gasteiger partial charge in [0.2, 0.25) is 0 Å². The van der Waals surface area contributed by atoms with Gasteiger partial charge >= 0.3 is 6.61 Å². The zero-order valence-electron chi connectivity index (χ0n) is 17.4. The van der Waals surface area contributed by atoms with Crippen LogP contribution in [0.2, 0.25) is 5.02 Å². The third-order valence-electron chi connectivity index (χ3n) is 4.40. The molecule has 7 nitrogen and oxygen atoms in total. The number of anilines is 2. The van der Waals surface area contributed by atoms with Crippen molar-refractivity contribution in [1.82, 2.24) is 0 Å². The molecule has 0 atom stereocenters. The second-order valence-corrected chi connectivity index (χ2v) is 8.90. The van der Waals surface area contributed by atoms with Crippen LogP contribution in [0.25, 0.3) is 0 Å². The van der Waals surface area contributed by atoms with E-state index in [1.54, 1.807) is 18.2 Å². The Bertz CT molecular complexity index is 1290. The summed E-state index contributed by atoms with van der Waals surface area (Å²) < 4.78 is 62.6. The number of carbonyl (C=O) groups excluding carboxylic acids is 1. The number of nitrogens with one attached hydrogen (secondary N) is 2. The highest BCUT2D eigenvalue weighted by Crippen LogP contribution is 2.32. The average molecular weight is 497 g/mol. The Morgan fingerprint density at radius 3 is 2.42 bits per heavy atom. The number of sulfonamides is 1. The zero-order chi connectivity index (χ0) is 24.2. The van der Waals surface area contributed by atoms with Gasteiger partial charge in [0, 0.05) is 17.4 Å². The van der Waals surface area contributed by atoms with Crippen LogP contribution >= 0.6 is 11.6 Å². The Hall–Kier alpha value is -3.37. The zero-order valence-corrected chi connectivity index (χ0v) is 19.0. The maximum atomic E-state index is 12.8. The lowest BCUT2D eigenvalue weighted by Crippen LogP contribution is -2.16. The maximum Gasteiger partial charge on any atom is 0.387 e. The van der Waals surface area contributed by atoms with Crippen molar-refractivity contribution in [3.8, 4) is 11.5 Å². The molecule has 0 aliphatic heterocycles. The van der Waals surface area contributed by atoms with Gasteiger partial charge in [-0.05, 0) is 55.0 Å². The molecule has 0 saturated heterocycles. The molecule has 3 aromatic carbocycles. The number of benzene rings is 3. The predicted octanol–water partition coefficient (Wildman–Crippen LogP) is 5.31. The predicted molar refractivity (Wildman–Crippen MR) is 121 cm³/mol. The van der Waals surface area contributed by atoms with E-state index in [4.69, 9.17) is 16.3 Å². The molecule has 33 heavy (non-hydrogen) atoms. The molecule has 0 aliphatic carbocycles. The van der Waals surface area contributed by atoms with E-state index in [1.807, 2.05) is 13.0 Å². The molecule has 174 valence electrons. The maximum absolute atomic E-state index is 12.8. The molecule has 0 heterocycles. The Labute approximate surface area is 194 Å². The molecule has 3 aromatic rings. The summed E-state index contributed by atoms with van der Waals surface area (Å²) in [6.45, 7) is -1.28. The number of hydrogen-bond donors (Lipinski definition) is 2. The van der Waals surface area contributed by atoms with E-state index in [0.717, 1.165) is 17.7 Å². The first-order chi connectivity index (χ1) is 15.6. The van der Waals surface area contributed by atoms with Gasteiger partial charge in [0.15, 0.2) is 11.5 Å². The minimum atomic E-state index is -4.01. The topological polar surface area (TPSA) is 93.7 Å². The van der Waals surface area contributed by atoms with Crippen LogP contribution in [0.1, 0.15) is 15.9 Å². The lowest BCUT2D eigenvalue weighted by atomic mass is 10.2. The normalized spacial score (nSPS) is 11.2. The van der Waals surface area contributed by atoms with Crippen LogP contribution in [0.4, 0.5) is 20.2 Å². The van der Waals surface area contributed by atoms with E-state index in [0.29, 0.717) is 5.69 Å². The van der Waals surface area contributed by atoms with E-state index in [2.05, 4.69) is 14.8 Å². The summed E-state index contributed by atoms with van der Waals surface area (Å²) in [5.74, 6) is -0.988. The first-order valence-electron chi connectivity index (χ1n) is 9.42. The quantitative estimate of drug-likeness (QED) is 0.440. The summed E-state index contributed by atoms with van der Waals surface area (Å²) in [4.78, 5) is 12.6. The summed E-state index contributed by atoms with van der Waals surface area (Å²) in [6.07, 6.45) is 0. The fraction of sp³-hybridized carbons (Fsp3) is 0.136. The van der Waals surface area contributed by atoms with E-state index in [9.17, 15) is 22.0 Å². The largest absolute Gasteiger partial charge is 0.493 e. The van der Waals surface area contributed by atoms with Gasteiger partial charge in [0.1, 0.15) is 0 Å². The van der Waals surface area contributed by atoms with Crippen LogP contribution in [0.5, 0.6) is 11.5 Å². The van der Waals surface area contributed by atoms with Crippen LogP contribution in [0, 0.1) is 6.92 Å². The lowest BCUT2D eigenvalue weighted by molar-refractivity contribution is -0.0511. The SMILES string of the molecule is COc1ccc(NC(=O)c2cc(S(=O)(=O)Nc3cccc(C)c3)ccc2Cl)cc1OC(F)F. The summed E-state index contributed by atoms with van der Waals surface area (Å²) >= 11 is 6.12. The van der Waals surface area contributed by atoms with Crippen molar-refractivity contribution in [2.75, 3.05) is 17.1 Å². The second-order valence-electron chi connectivity index (χ2n) is 6.81. The van der Waals surface area contributed by atoms with Gasteiger partial charge in [0.25, 0.3) is 15.9 Å². The molecule has 0 bridgehead atoms. The van der Waals surface area contributed by atoms with E-state index >= 15 is 0 Å². The molecule has 1 amide bonds. The number of ether oxygens (including phenoxy) is 2. The van der Waals surface area contributed by atoms with Crippen molar-refractivity contribution in [2.45, 2.75) is 18.4 Å². The number of aryl methyl sites for hydroxylation is 1. The molecule has 3 rings (SSSR count). The Balaban J connectivity index is 1.86. The highest BCUT2D eigenvalue weighted by atomic mass is 35.5. The number of halogens is 3. The molecule has 0 spiro atoms. The number of hydrogen-bond acceptors (Lipinski definition) is 5. The molecular formula is C22H19ClF2N2O5S. The smallest absolute Gasteiger partial charge is 0.387 e. The van der Waals surface area contributed by atoms with Crippen LogP contribution in [-0.2, 0) is 10.0 Å². The molecular weight excluding hydrogens is 478 g/mol. The minimum Gasteiger partial charge on any atom is -0.493 e. The number of alkyl halides is 2. The number of carbonyl (C=O) groups is 1. The first-order valence-corrected chi connectivity index (χ1v) is 11.3. The highest BCUT2D eigenvalue weighted by Gasteiger charge is 2.20. The summed E-state index contributed by atoms with van der Waals surface area (Å²) in [7, 11) is -2.73. The van der Waals surface area contributed by atoms with Gasteiger partial charge < -0.3 is 14.8 Å². The van der Waals surface area contributed by atoms with Crippen molar-refractivity contribution in [1.29, 1.82) is 0 Å². The van der Waals surface area contributed by atoms with Gasteiger partial charge in [-0.2, -0.15) is 8.78 Å². The fourth-order valence-electron chi connectivity index (χ4n) is 2.91. The van der Waals surface area contributed by atoms with Crippen molar-refractivity contribution in [2.24, 2.45) is 0 Å². The number of amides is 1. The highest BCUT2D eigenvalue weighted by molar-refractivity contribution is 7.92. The van der Waals surface area contributed by atoms with E-state index in [1.165, 1.54) is 31.4 Å². The summed E-state index contributed by atoms with van der Waals surface area (Å²) in [6, 6.07) is 14.3. The lowest BCUT2D eigenvalue weighted by Gasteiger charge is -2.13. The Morgan fingerprint density at radius 2 is 1.76 bits per heavy atom. The molecule has 0 aromatic heterocycles. The first kappa shape index (κ1) is 24.3. The fourth-order valence-corrected chi connectivity index (χ4v) is 4.19. The number of methoxy groups -OCH3 is 1. The van der Waals surface area contributed by atoms with Crippen molar-refractivity contribution >= 4 is 38.9 Å². The van der Waals surface area contributed by atoms with Gasteiger partial charge in [-0.3, -0.25) is 9.52 Å². The molecule has 2 N–H and O–H groups in total. The summed E-state index contributed by atoms with van der Waals surface area (Å²) in [5.41, 5.74) is 1.20. The van der Waals surface area contributed by atoms with Gasteiger partial charge in [-0.15, -0.1) is 0 Å². The van der Waals surface area contributed by atoms with E-state index < -0.39 is 22.5 Å². The van der Waals surface area contributed by atoms with E-state index in [-0.39, 0.29) is 32.7 Å². The van der Waals surface area contributed by atoms with Crippen molar-refractivity contribution < 1.29 is 31.5 Å². The van der Waals surface area contributed by atoms with Crippen molar-refractivity contribution in [3.05, 3.63) is 76.8 Å². The third kappa shape index (κ3) is 6.11. The van der Waals surface area contributed by atoms with Crippen LogP contribution in [0.15, 0.2) is 65.6 Å². The van der Waals surface area contributed by atoms with Gasteiger partial charge in [-0.1, -0.05) is 23.7 Å².